The van der Waals surface area contributed by atoms with Crippen LogP contribution < -0.4 is 4.90 Å². The first-order valence-corrected chi connectivity index (χ1v) is 6.87. The lowest BCUT2D eigenvalue weighted by molar-refractivity contribution is -0.121. The van der Waals surface area contributed by atoms with Crippen LogP contribution in [0.5, 0.6) is 0 Å². The summed E-state index contributed by atoms with van der Waals surface area (Å²) in [5.74, 6) is -0.450. The molecule has 1 aromatic carbocycles. The van der Waals surface area contributed by atoms with E-state index in [9.17, 15) is 14.7 Å². The van der Waals surface area contributed by atoms with Crippen LogP contribution in [0.25, 0.3) is 0 Å². The summed E-state index contributed by atoms with van der Waals surface area (Å²) >= 11 is 6.09. The van der Waals surface area contributed by atoms with Gasteiger partial charge in [-0.3, -0.25) is 4.79 Å². The summed E-state index contributed by atoms with van der Waals surface area (Å²) in [5, 5.41) is 19.0. The van der Waals surface area contributed by atoms with Gasteiger partial charge in [0.25, 0.3) is 5.91 Å². The minimum Gasteiger partial charge on any atom is -0.390 e. The number of hydrogen-bond acceptors (Lipinski definition) is 4. The summed E-state index contributed by atoms with van der Waals surface area (Å²) < 4.78 is 0. The minimum atomic E-state index is -0.833. The molecule has 108 valence electrons. The van der Waals surface area contributed by atoms with Crippen LogP contribution in [0.15, 0.2) is 12.1 Å². The summed E-state index contributed by atoms with van der Waals surface area (Å²) in [6.45, 7) is 2.01. The summed E-state index contributed by atoms with van der Waals surface area (Å²) in [5.41, 5.74) is 1.14. The molecule has 3 rings (SSSR count). The molecule has 2 saturated heterocycles. The molecule has 2 aliphatic heterocycles. The Morgan fingerprint density at radius 2 is 2.14 bits per heavy atom. The number of imide groups is 1. The van der Waals surface area contributed by atoms with Gasteiger partial charge in [-0.2, -0.15) is 5.26 Å². The molecule has 1 aromatic rings. The number of aliphatic hydroxyl groups excluding tert-OH is 1. The molecule has 2 heterocycles. The number of benzene rings is 1. The first-order valence-electron chi connectivity index (χ1n) is 6.49. The first kappa shape index (κ1) is 13.9. The van der Waals surface area contributed by atoms with Crippen LogP contribution in [0.2, 0.25) is 5.02 Å². The number of nitriles is 1. The van der Waals surface area contributed by atoms with E-state index in [0.717, 1.165) is 4.90 Å². The molecule has 2 aliphatic rings. The van der Waals surface area contributed by atoms with Crippen molar-refractivity contribution in [2.45, 2.75) is 25.5 Å². The molecular formula is C14H12ClN3O3. The van der Waals surface area contributed by atoms with Crippen molar-refractivity contribution in [1.82, 2.24) is 4.90 Å². The van der Waals surface area contributed by atoms with Crippen LogP contribution in [-0.2, 0) is 4.79 Å². The zero-order valence-electron chi connectivity index (χ0n) is 11.2. The van der Waals surface area contributed by atoms with E-state index in [1.165, 1.54) is 17.0 Å². The lowest BCUT2D eigenvalue weighted by atomic mass is 10.1. The third-order valence-corrected chi connectivity index (χ3v) is 4.48. The first-order chi connectivity index (χ1) is 9.97. The number of halogens is 1. The van der Waals surface area contributed by atoms with Gasteiger partial charge < -0.3 is 10.0 Å². The molecule has 1 N–H and O–H groups in total. The predicted octanol–water partition coefficient (Wildman–Crippen LogP) is 1.42. The number of rotatable bonds is 1. The molecular weight excluding hydrogens is 294 g/mol. The summed E-state index contributed by atoms with van der Waals surface area (Å²) in [6.07, 6.45) is -0.427. The third-order valence-electron chi connectivity index (χ3n) is 4.00. The Kier molecular flexibility index (Phi) is 3.12. The number of aliphatic hydroxyl groups is 1. The second-order valence-corrected chi connectivity index (χ2v) is 5.51. The third kappa shape index (κ3) is 1.82. The van der Waals surface area contributed by atoms with E-state index in [1.807, 2.05) is 6.07 Å². The lowest BCUT2D eigenvalue weighted by Crippen LogP contribution is -2.36. The predicted molar refractivity (Wildman–Crippen MR) is 74.9 cm³/mol. The highest BCUT2D eigenvalue weighted by Crippen LogP contribution is 2.36. The molecule has 2 atom stereocenters. The van der Waals surface area contributed by atoms with Crippen molar-refractivity contribution < 1.29 is 14.7 Å². The average molecular weight is 306 g/mol. The normalized spacial score (nSPS) is 24.5. The van der Waals surface area contributed by atoms with Crippen LogP contribution in [0.3, 0.4) is 0 Å². The molecule has 21 heavy (non-hydrogen) atoms. The Hall–Kier alpha value is -2.10. The van der Waals surface area contributed by atoms with E-state index in [4.69, 9.17) is 16.9 Å². The maximum absolute atomic E-state index is 12.4. The standard InChI is InChI=1S/C14H12ClN3O3/c1-7-9(3-2-8(6-16)11(7)15)18-13(20)12-10(19)4-5-17(12)14(18)21/h2-3,10,12,19H,4-5H2,1H3/t10-,12+/m0/s1. The monoisotopic (exact) mass is 305 g/mol. The van der Waals surface area contributed by atoms with Crippen molar-refractivity contribution >= 4 is 29.2 Å². The lowest BCUT2D eigenvalue weighted by Gasteiger charge is -2.18. The molecule has 0 bridgehead atoms. The van der Waals surface area contributed by atoms with Gasteiger partial charge in [0, 0.05) is 6.54 Å². The van der Waals surface area contributed by atoms with E-state index in [2.05, 4.69) is 0 Å². The molecule has 0 unspecified atom stereocenters. The van der Waals surface area contributed by atoms with Crippen molar-refractivity contribution in [3.63, 3.8) is 0 Å². The Balaban J connectivity index is 2.07. The van der Waals surface area contributed by atoms with Crippen molar-refractivity contribution in [2.24, 2.45) is 0 Å². The van der Waals surface area contributed by atoms with Crippen molar-refractivity contribution in [3.05, 3.63) is 28.3 Å². The van der Waals surface area contributed by atoms with E-state index >= 15 is 0 Å². The number of fused-ring (bicyclic) bond motifs is 1. The van der Waals surface area contributed by atoms with Gasteiger partial charge in [0.05, 0.1) is 22.4 Å². The SMILES string of the molecule is Cc1c(N2C(=O)[C@H]3[C@@H](O)CCN3C2=O)ccc(C#N)c1Cl. The molecule has 2 fully saturated rings. The van der Waals surface area contributed by atoms with Crippen molar-refractivity contribution in [3.8, 4) is 6.07 Å². The Labute approximate surface area is 126 Å². The zero-order valence-corrected chi connectivity index (χ0v) is 12.0. The summed E-state index contributed by atoms with van der Waals surface area (Å²) in [6, 6.07) is 3.69. The Bertz CT molecular complexity index is 697. The van der Waals surface area contributed by atoms with Crippen LogP contribution in [0.1, 0.15) is 17.5 Å². The fourth-order valence-corrected chi connectivity index (χ4v) is 3.07. The fourth-order valence-electron chi connectivity index (χ4n) is 2.87. The maximum atomic E-state index is 12.4. The topological polar surface area (TPSA) is 84.6 Å². The van der Waals surface area contributed by atoms with Gasteiger partial charge >= 0.3 is 6.03 Å². The van der Waals surface area contributed by atoms with Gasteiger partial charge in [-0.15, -0.1) is 0 Å². The molecule has 0 aromatic heterocycles. The van der Waals surface area contributed by atoms with Crippen LogP contribution >= 0.6 is 11.6 Å². The zero-order chi connectivity index (χ0) is 15.3. The van der Waals surface area contributed by atoms with Gasteiger partial charge in [-0.1, -0.05) is 11.6 Å². The average Bonchev–Trinajstić information content (AvgIpc) is 2.95. The molecule has 0 radical (unpaired) electrons. The fraction of sp³-hybridized carbons (Fsp3) is 0.357. The second kappa shape index (κ2) is 4.72. The molecule has 0 saturated carbocycles. The van der Waals surface area contributed by atoms with Crippen LogP contribution in [0, 0.1) is 18.3 Å². The second-order valence-electron chi connectivity index (χ2n) is 5.13. The number of amides is 3. The van der Waals surface area contributed by atoms with Crippen molar-refractivity contribution in [2.75, 3.05) is 11.4 Å². The van der Waals surface area contributed by atoms with Gasteiger partial charge in [0.2, 0.25) is 0 Å². The molecule has 3 amide bonds. The minimum absolute atomic E-state index is 0.225. The molecule has 6 nitrogen and oxygen atoms in total. The number of nitrogens with zero attached hydrogens (tertiary/aromatic N) is 3. The van der Waals surface area contributed by atoms with Gasteiger partial charge in [0.1, 0.15) is 12.1 Å². The van der Waals surface area contributed by atoms with Gasteiger partial charge in [-0.05, 0) is 31.0 Å². The molecule has 7 heteroatoms. The van der Waals surface area contributed by atoms with Gasteiger partial charge in [-0.25, -0.2) is 9.69 Å². The largest absolute Gasteiger partial charge is 0.390 e. The number of carbonyl (C=O) groups is 2. The highest BCUT2D eigenvalue weighted by Gasteiger charge is 2.52. The molecule has 0 aliphatic carbocycles. The van der Waals surface area contributed by atoms with E-state index in [0.29, 0.717) is 24.2 Å². The molecule has 0 spiro atoms. The van der Waals surface area contributed by atoms with Gasteiger partial charge in [0.15, 0.2) is 0 Å². The number of urea groups is 1. The summed E-state index contributed by atoms with van der Waals surface area (Å²) in [7, 11) is 0. The smallest absolute Gasteiger partial charge is 0.332 e. The van der Waals surface area contributed by atoms with Crippen LogP contribution in [0.4, 0.5) is 10.5 Å². The van der Waals surface area contributed by atoms with Crippen LogP contribution in [-0.4, -0.2) is 40.6 Å². The van der Waals surface area contributed by atoms with E-state index in [-0.39, 0.29) is 10.6 Å². The highest BCUT2D eigenvalue weighted by atomic mass is 35.5. The van der Waals surface area contributed by atoms with E-state index in [1.54, 1.807) is 6.92 Å². The number of anilines is 1. The maximum Gasteiger partial charge on any atom is 0.332 e. The number of carbonyl (C=O) groups excluding carboxylic acids is 2. The number of hydrogen-bond donors (Lipinski definition) is 1. The Morgan fingerprint density at radius 1 is 1.43 bits per heavy atom. The summed E-state index contributed by atoms with van der Waals surface area (Å²) in [4.78, 5) is 27.2. The Morgan fingerprint density at radius 3 is 2.76 bits per heavy atom. The highest BCUT2D eigenvalue weighted by molar-refractivity contribution is 6.33. The van der Waals surface area contributed by atoms with Crippen molar-refractivity contribution in [1.29, 1.82) is 5.26 Å². The van der Waals surface area contributed by atoms with E-state index < -0.39 is 24.1 Å². The quantitative estimate of drug-likeness (QED) is 0.795.